The molecule has 206 valence electrons. The summed E-state index contributed by atoms with van der Waals surface area (Å²) in [5.74, 6) is 1.16. The Morgan fingerprint density at radius 2 is 1.05 bits per heavy atom. The predicted octanol–water partition coefficient (Wildman–Crippen LogP) is 7.45. The van der Waals surface area contributed by atoms with E-state index in [-0.39, 0.29) is 11.6 Å². The molecule has 0 spiro atoms. The van der Waals surface area contributed by atoms with Crippen LogP contribution in [0.5, 0.6) is 0 Å². The highest BCUT2D eigenvalue weighted by atomic mass is 16.1. The van der Waals surface area contributed by atoms with E-state index < -0.39 is 0 Å². The van der Waals surface area contributed by atoms with Gasteiger partial charge in [0.05, 0.1) is 11.1 Å². The lowest BCUT2D eigenvalue weighted by Gasteiger charge is -2.28. The van der Waals surface area contributed by atoms with Crippen molar-refractivity contribution in [2.75, 3.05) is 0 Å². The van der Waals surface area contributed by atoms with Gasteiger partial charge in [-0.25, -0.2) is 4.99 Å². The third kappa shape index (κ3) is 3.63. The summed E-state index contributed by atoms with van der Waals surface area (Å²) in [5.41, 5.74) is 5.30. The molecule has 5 nitrogen and oxygen atoms in total. The number of aliphatic imine (C=N–C) groups is 1. The van der Waals surface area contributed by atoms with E-state index in [1.54, 1.807) is 12.2 Å². The molecule has 0 saturated heterocycles. The van der Waals surface area contributed by atoms with Crippen LogP contribution >= 0.6 is 0 Å². The summed E-state index contributed by atoms with van der Waals surface area (Å²) in [7, 11) is 0. The van der Waals surface area contributed by atoms with E-state index in [2.05, 4.69) is 65.2 Å². The fraction of sp³-hybridized carbons (Fsp3) is 0. The van der Waals surface area contributed by atoms with E-state index in [1.165, 1.54) is 21.5 Å². The number of hydrogen-bond donors (Lipinski definition) is 2. The monoisotopic (exact) mass is 565 g/mol. The van der Waals surface area contributed by atoms with Crippen molar-refractivity contribution in [1.82, 2.24) is 10.6 Å². The predicted molar refractivity (Wildman–Crippen MR) is 178 cm³/mol. The summed E-state index contributed by atoms with van der Waals surface area (Å²) < 4.78 is 0. The SMILES string of the molecule is O=C1C=Cc2ccccc2/C1=C1/N=C(c2cc3ccc4cccc5ccc(c2)c3c45)N/C(=C2/C(=O)C=Cc3ccccc32)N1. The molecule has 0 amide bonds. The summed E-state index contributed by atoms with van der Waals surface area (Å²) in [4.78, 5) is 32.0. The van der Waals surface area contributed by atoms with Crippen LogP contribution in [0.1, 0.15) is 27.8 Å². The van der Waals surface area contributed by atoms with Gasteiger partial charge in [-0.05, 0) is 78.9 Å². The highest BCUT2D eigenvalue weighted by molar-refractivity contribution is 6.33. The van der Waals surface area contributed by atoms with Crippen molar-refractivity contribution in [2.45, 2.75) is 0 Å². The highest BCUT2D eigenvalue weighted by Gasteiger charge is 2.29. The van der Waals surface area contributed by atoms with Gasteiger partial charge in [0.2, 0.25) is 0 Å². The number of allylic oxidation sites excluding steroid dienone is 4. The van der Waals surface area contributed by atoms with E-state index >= 15 is 0 Å². The minimum Gasteiger partial charge on any atom is -0.325 e. The number of hydrogen-bond acceptors (Lipinski definition) is 5. The molecule has 3 aliphatic rings. The van der Waals surface area contributed by atoms with E-state index in [9.17, 15) is 9.59 Å². The van der Waals surface area contributed by atoms with E-state index in [0.717, 1.165) is 38.6 Å². The van der Waals surface area contributed by atoms with Crippen LogP contribution in [0.2, 0.25) is 0 Å². The maximum Gasteiger partial charge on any atom is 0.190 e. The quantitative estimate of drug-likeness (QED) is 0.160. The average molecular weight is 566 g/mol. The first-order valence-corrected chi connectivity index (χ1v) is 14.6. The van der Waals surface area contributed by atoms with E-state index in [1.807, 2.05) is 60.7 Å². The Morgan fingerprint density at radius 3 is 1.70 bits per heavy atom. The molecular formula is C39H23N3O2. The third-order valence-electron chi connectivity index (χ3n) is 8.72. The lowest BCUT2D eigenvalue weighted by molar-refractivity contribution is -0.110. The largest absolute Gasteiger partial charge is 0.325 e. The standard InChI is InChI=1S/C39H23N3O2/c43-31-18-16-22-6-1-3-10-29(22)35(31)38-40-37(41-39(42-38)36-30-11-4-2-7-23(30)17-19-32(36)44)28-20-26-14-12-24-8-5-9-25-13-15-27(21-28)34(26)33(24)25/h1-21,42H,(H,40,41)/b38-35-,39-36+. The molecule has 0 fully saturated rings. The van der Waals surface area contributed by atoms with E-state index in [4.69, 9.17) is 4.99 Å². The number of nitrogens with one attached hydrogen (secondary N) is 2. The van der Waals surface area contributed by atoms with Gasteiger partial charge in [-0.2, -0.15) is 0 Å². The van der Waals surface area contributed by atoms with Crippen LogP contribution in [0.15, 0.2) is 132 Å². The fourth-order valence-electron chi connectivity index (χ4n) is 6.71. The molecule has 6 aromatic carbocycles. The van der Waals surface area contributed by atoms with Crippen LogP contribution in [0.25, 0.3) is 55.6 Å². The molecule has 0 radical (unpaired) electrons. The lowest BCUT2D eigenvalue weighted by Crippen LogP contribution is -2.39. The first kappa shape index (κ1) is 24.5. The Kier molecular flexibility index (Phi) is 5.14. The smallest absolute Gasteiger partial charge is 0.190 e. The number of ketones is 2. The zero-order valence-electron chi connectivity index (χ0n) is 23.4. The number of fused-ring (bicyclic) bond motifs is 2. The average Bonchev–Trinajstić information content (AvgIpc) is 3.06. The van der Waals surface area contributed by atoms with E-state index in [0.29, 0.717) is 28.6 Å². The Labute approximate surface area is 252 Å². The number of carbonyl (C=O) groups excluding carboxylic acids is 2. The number of benzene rings is 6. The minimum atomic E-state index is -0.147. The van der Waals surface area contributed by atoms with Crippen LogP contribution in [-0.2, 0) is 9.59 Å². The van der Waals surface area contributed by atoms with Crippen molar-refractivity contribution < 1.29 is 9.59 Å². The van der Waals surface area contributed by atoms with Gasteiger partial charge in [0, 0.05) is 5.56 Å². The zero-order chi connectivity index (χ0) is 29.4. The molecular weight excluding hydrogens is 542 g/mol. The van der Waals surface area contributed by atoms with Crippen LogP contribution < -0.4 is 10.6 Å². The zero-order valence-corrected chi connectivity index (χ0v) is 23.4. The van der Waals surface area contributed by atoms with Gasteiger partial charge in [0.1, 0.15) is 17.5 Å². The third-order valence-corrected chi connectivity index (χ3v) is 8.72. The molecule has 1 heterocycles. The second kappa shape index (κ2) is 9.21. The summed E-state index contributed by atoms with van der Waals surface area (Å²) in [6, 6.07) is 34.8. The molecule has 0 unspecified atom stereocenters. The van der Waals surface area contributed by atoms with Gasteiger partial charge >= 0.3 is 0 Å². The highest BCUT2D eigenvalue weighted by Crippen LogP contribution is 2.37. The minimum absolute atomic E-state index is 0.130. The van der Waals surface area contributed by atoms with Gasteiger partial charge in [0.15, 0.2) is 11.6 Å². The van der Waals surface area contributed by atoms with Gasteiger partial charge < -0.3 is 10.6 Å². The fourth-order valence-corrected chi connectivity index (χ4v) is 6.71. The first-order chi connectivity index (χ1) is 21.6. The topological polar surface area (TPSA) is 70.6 Å². The molecule has 0 aromatic heterocycles. The molecule has 2 aliphatic carbocycles. The van der Waals surface area contributed by atoms with Crippen LogP contribution in [0.4, 0.5) is 0 Å². The second-order valence-corrected chi connectivity index (χ2v) is 11.3. The summed E-state index contributed by atoms with van der Waals surface area (Å²) in [5, 5.41) is 13.9. The molecule has 6 aromatic rings. The van der Waals surface area contributed by atoms with Crippen molar-refractivity contribution in [3.05, 3.63) is 155 Å². The summed E-state index contributed by atoms with van der Waals surface area (Å²) >= 11 is 0. The van der Waals surface area contributed by atoms with Crippen molar-refractivity contribution in [1.29, 1.82) is 0 Å². The first-order valence-electron chi connectivity index (χ1n) is 14.6. The molecule has 9 rings (SSSR count). The Hall–Kier alpha value is -6.07. The van der Waals surface area contributed by atoms with Crippen LogP contribution in [-0.4, -0.2) is 17.4 Å². The summed E-state index contributed by atoms with van der Waals surface area (Å²) in [6.07, 6.45) is 6.83. The molecule has 0 saturated carbocycles. The molecule has 2 N–H and O–H groups in total. The molecule has 5 heteroatoms. The molecule has 44 heavy (non-hydrogen) atoms. The molecule has 0 bridgehead atoms. The maximum absolute atomic E-state index is 13.5. The van der Waals surface area contributed by atoms with Crippen molar-refractivity contribution in [2.24, 2.45) is 4.99 Å². The number of amidine groups is 1. The normalized spacial score (nSPS) is 19.2. The second-order valence-electron chi connectivity index (χ2n) is 11.3. The van der Waals surface area contributed by atoms with Crippen LogP contribution in [0.3, 0.4) is 0 Å². The van der Waals surface area contributed by atoms with Crippen molar-refractivity contribution in [3.8, 4) is 0 Å². The molecule has 0 atom stereocenters. The maximum atomic E-state index is 13.5. The van der Waals surface area contributed by atoms with Crippen molar-refractivity contribution >= 4 is 73.0 Å². The lowest BCUT2D eigenvalue weighted by atomic mass is 9.89. The van der Waals surface area contributed by atoms with Gasteiger partial charge in [0.25, 0.3) is 0 Å². The number of nitrogens with zero attached hydrogens (tertiary/aromatic N) is 1. The Balaban J connectivity index is 1.31. The van der Waals surface area contributed by atoms with Gasteiger partial charge in [-0.3, -0.25) is 9.59 Å². The number of rotatable bonds is 1. The van der Waals surface area contributed by atoms with Gasteiger partial charge in [-0.15, -0.1) is 0 Å². The molecule has 1 aliphatic heterocycles. The van der Waals surface area contributed by atoms with Gasteiger partial charge in [-0.1, -0.05) is 103 Å². The van der Waals surface area contributed by atoms with Crippen LogP contribution in [0, 0.1) is 0 Å². The summed E-state index contributed by atoms with van der Waals surface area (Å²) in [6.45, 7) is 0. The Morgan fingerprint density at radius 1 is 0.500 bits per heavy atom. The van der Waals surface area contributed by atoms with Crippen molar-refractivity contribution in [3.63, 3.8) is 0 Å². The number of carbonyl (C=O) groups is 2. The Bertz CT molecular complexity index is 2360.